The highest BCUT2D eigenvalue weighted by atomic mass is 16.5. The van der Waals surface area contributed by atoms with E-state index in [-0.39, 0.29) is 0 Å². The molecule has 0 bridgehead atoms. The lowest BCUT2D eigenvalue weighted by molar-refractivity contribution is 0.402. The molecule has 0 saturated heterocycles. The molecule has 110 valence electrons. The molecule has 0 fully saturated rings. The number of hydrogen-bond acceptors (Lipinski definition) is 2. The highest BCUT2D eigenvalue weighted by Crippen LogP contribution is 2.41. The third-order valence-electron chi connectivity index (χ3n) is 4.64. The van der Waals surface area contributed by atoms with Crippen molar-refractivity contribution in [1.82, 2.24) is 4.98 Å². The fourth-order valence-electron chi connectivity index (χ4n) is 3.59. The Balaban J connectivity index is 1.86. The summed E-state index contributed by atoms with van der Waals surface area (Å²) in [7, 11) is 1.76. The number of aromatic nitrogens is 1. The van der Waals surface area contributed by atoms with Gasteiger partial charge in [-0.2, -0.15) is 0 Å². The van der Waals surface area contributed by atoms with Crippen molar-refractivity contribution in [1.29, 1.82) is 0 Å². The molecule has 2 nitrogen and oxygen atoms in total. The van der Waals surface area contributed by atoms with Crippen LogP contribution in [0.2, 0.25) is 0 Å². The Morgan fingerprint density at radius 2 is 1.91 bits per heavy atom. The van der Waals surface area contributed by atoms with Gasteiger partial charge in [0, 0.05) is 22.6 Å². The van der Waals surface area contributed by atoms with Gasteiger partial charge in [-0.25, -0.2) is 0 Å². The molecule has 1 atom stereocenters. The van der Waals surface area contributed by atoms with Gasteiger partial charge in [0.05, 0.1) is 12.6 Å². The van der Waals surface area contributed by atoms with Crippen LogP contribution in [0.4, 0.5) is 0 Å². The normalized spacial score (nSPS) is 17.2. The zero-order valence-corrected chi connectivity index (χ0v) is 12.8. The van der Waals surface area contributed by atoms with Crippen LogP contribution in [0, 0.1) is 0 Å². The van der Waals surface area contributed by atoms with Gasteiger partial charge < -0.3 is 4.74 Å². The number of aryl methyl sites for hydroxylation is 1. The third-order valence-corrected chi connectivity index (χ3v) is 4.64. The zero-order chi connectivity index (χ0) is 14.9. The van der Waals surface area contributed by atoms with Crippen molar-refractivity contribution < 1.29 is 4.74 Å². The molecule has 0 amide bonds. The van der Waals surface area contributed by atoms with Crippen molar-refractivity contribution >= 4 is 10.9 Å². The molecule has 4 rings (SSSR count). The fraction of sp³-hybridized carbons (Fsp3) is 0.250. The monoisotopic (exact) mass is 289 g/mol. The smallest absolute Gasteiger partial charge is 0.123 e. The number of hydrogen-bond donors (Lipinski definition) is 0. The first-order valence-corrected chi connectivity index (χ1v) is 7.88. The number of pyridine rings is 1. The summed E-state index contributed by atoms with van der Waals surface area (Å²) >= 11 is 0. The van der Waals surface area contributed by atoms with Crippen LogP contribution < -0.4 is 4.74 Å². The van der Waals surface area contributed by atoms with E-state index in [9.17, 15) is 0 Å². The summed E-state index contributed by atoms with van der Waals surface area (Å²) in [6.45, 7) is 0. The third kappa shape index (κ3) is 2.16. The zero-order valence-electron chi connectivity index (χ0n) is 12.8. The summed E-state index contributed by atoms with van der Waals surface area (Å²) < 4.78 is 5.62. The lowest BCUT2D eigenvalue weighted by Crippen LogP contribution is -2.13. The molecule has 2 aromatic carbocycles. The topological polar surface area (TPSA) is 22.1 Å². The Morgan fingerprint density at radius 3 is 2.82 bits per heavy atom. The molecule has 1 aliphatic rings. The van der Waals surface area contributed by atoms with E-state index < -0.39 is 0 Å². The van der Waals surface area contributed by atoms with E-state index in [0.717, 1.165) is 29.8 Å². The SMILES string of the molecule is COc1cccc2c1C(c1ccc3ccccc3n1)CCC2. The van der Waals surface area contributed by atoms with E-state index in [1.807, 2.05) is 0 Å². The maximum absolute atomic E-state index is 5.62. The van der Waals surface area contributed by atoms with E-state index in [2.05, 4.69) is 54.6 Å². The molecule has 1 unspecified atom stereocenters. The van der Waals surface area contributed by atoms with Crippen molar-refractivity contribution in [3.63, 3.8) is 0 Å². The quantitative estimate of drug-likeness (QED) is 0.681. The maximum Gasteiger partial charge on any atom is 0.123 e. The van der Waals surface area contributed by atoms with Crippen molar-refractivity contribution in [2.45, 2.75) is 25.2 Å². The summed E-state index contributed by atoms with van der Waals surface area (Å²) in [5.41, 5.74) is 4.97. The second-order valence-electron chi connectivity index (χ2n) is 5.91. The highest BCUT2D eigenvalue weighted by molar-refractivity contribution is 5.78. The molecule has 0 N–H and O–H groups in total. The van der Waals surface area contributed by atoms with Gasteiger partial charge in [0.15, 0.2) is 0 Å². The molecule has 0 aliphatic heterocycles. The fourth-order valence-corrected chi connectivity index (χ4v) is 3.59. The molecule has 1 aliphatic carbocycles. The average Bonchev–Trinajstić information content (AvgIpc) is 2.60. The highest BCUT2D eigenvalue weighted by Gasteiger charge is 2.26. The first kappa shape index (κ1) is 13.3. The van der Waals surface area contributed by atoms with Crippen LogP contribution in [0.3, 0.4) is 0 Å². The first-order valence-electron chi connectivity index (χ1n) is 7.88. The van der Waals surface area contributed by atoms with Crippen LogP contribution in [-0.4, -0.2) is 12.1 Å². The van der Waals surface area contributed by atoms with Crippen molar-refractivity contribution in [3.8, 4) is 5.75 Å². The second kappa shape index (κ2) is 5.45. The van der Waals surface area contributed by atoms with Crippen LogP contribution in [-0.2, 0) is 6.42 Å². The molecular formula is C20H19NO. The predicted molar refractivity (Wildman–Crippen MR) is 89.5 cm³/mol. The predicted octanol–water partition coefficient (Wildman–Crippen LogP) is 4.71. The number of para-hydroxylation sites is 1. The van der Waals surface area contributed by atoms with E-state index in [1.165, 1.54) is 22.9 Å². The van der Waals surface area contributed by atoms with Gasteiger partial charge >= 0.3 is 0 Å². The van der Waals surface area contributed by atoms with Crippen LogP contribution in [0.25, 0.3) is 10.9 Å². The Morgan fingerprint density at radius 1 is 1.00 bits per heavy atom. The van der Waals surface area contributed by atoms with E-state index in [4.69, 9.17) is 9.72 Å². The van der Waals surface area contributed by atoms with Crippen LogP contribution in [0.5, 0.6) is 5.75 Å². The molecule has 1 aromatic heterocycles. The summed E-state index contributed by atoms with van der Waals surface area (Å²) in [4.78, 5) is 4.92. The molecular weight excluding hydrogens is 270 g/mol. The largest absolute Gasteiger partial charge is 0.496 e. The summed E-state index contributed by atoms with van der Waals surface area (Å²) in [5, 5.41) is 1.20. The Labute approximate surface area is 130 Å². The molecule has 0 saturated carbocycles. The van der Waals surface area contributed by atoms with Gasteiger partial charge in [0.2, 0.25) is 0 Å². The lowest BCUT2D eigenvalue weighted by Gasteiger charge is -2.27. The van der Waals surface area contributed by atoms with Gasteiger partial charge in [-0.3, -0.25) is 4.98 Å². The van der Waals surface area contributed by atoms with Crippen molar-refractivity contribution in [2.75, 3.05) is 7.11 Å². The van der Waals surface area contributed by atoms with Crippen LogP contribution in [0.1, 0.15) is 35.6 Å². The summed E-state index contributed by atoms with van der Waals surface area (Å²) in [5.74, 6) is 1.33. The molecule has 0 radical (unpaired) electrons. The average molecular weight is 289 g/mol. The number of fused-ring (bicyclic) bond motifs is 2. The van der Waals surface area contributed by atoms with E-state index in [1.54, 1.807) is 7.11 Å². The van der Waals surface area contributed by atoms with Gasteiger partial charge in [-0.1, -0.05) is 36.4 Å². The van der Waals surface area contributed by atoms with E-state index >= 15 is 0 Å². The second-order valence-corrected chi connectivity index (χ2v) is 5.91. The lowest BCUT2D eigenvalue weighted by atomic mass is 9.80. The minimum absolute atomic E-state index is 0.338. The molecule has 2 heteroatoms. The number of rotatable bonds is 2. The number of nitrogens with zero attached hydrogens (tertiary/aromatic N) is 1. The minimum Gasteiger partial charge on any atom is -0.496 e. The van der Waals surface area contributed by atoms with Gasteiger partial charge in [0.1, 0.15) is 5.75 Å². The molecule has 0 spiro atoms. The summed E-state index contributed by atoms with van der Waals surface area (Å²) in [6.07, 6.45) is 3.48. The Hall–Kier alpha value is -2.35. The standard InChI is InChI=1S/C20H19NO/c1-22-19-11-5-8-15-7-4-9-16(20(15)19)18-13-12-14-6-2-3-10-17(14)21-18/h2-3,5-6,8,10-13,16H,4,7,9H2,1H3. The van der Waals surface area contributed by atoms with Crippen LogP contribution >= 0.6 is 0 Å². The van der Waals surface area contributed by atoms with Gasteiger partial charge in [-0.05, 0) is 43.0 Å². The Kier molecular flexibility index (Phi) is 3.30. The molecule has 3 aromatic rings. The van der Waals surface area contributed by atoms with Crippen LogP contribution in [0.15, 0.2) is 54.6 Å². The Bertz CT molecular complexity index is 811. The van der Waals surface area contributed by atoms with Gasteiger partial charge in [-0.15, -0.1) is 0 Å². The van der Waals surface area contributed by atoms with E-state index in [0.29, 0.717) is 5.92 Å². The van der Waals surface area contributed by atoms with Crippen molar-refractivity contribution in [2.24, 2.45) is 0 Å². The number of methoxy groups -OCH3 is 1. The maximum atomic E-state index is 5.62. The number of ether oxygens (including phenoxy) is 1. The van der Waals surface area contributed by atoms with Crippen molar-refractivity contribution in [3.05, 3.63) is 71.4 Å². The number of benzene rings is 2. The molecule has 1 heterocycles. The van der Waals surface area contributed by atoms with Gasteiger partial charge in [0.25, 0.3) is 0 Å². The minimum atomic E-state index is 0.338. The first-order chi connectivity index (χ1) is 10.9. The molecule has 22 heavy (non-hydrogen) atoms. The summed E-state index contributed by atoms with van der Waals surface area (Å²) in [6, 6.07) is 19.1.